The molecule has 1 heterocycles. The van der Waals surface area contributed by atoms with E-state index in [4.69, 9.17) is 9.73 Å². The topological polar surface area (TPSA) is 78.0 Å². The highest BCUT2D eigenvalue weighted by molar-refractivity contribution is 14.0. The molecule has 1 aliphatic heterocycles. The molecule has 2 unspecified atom stereocenters. The van der Waals surface area contributed by atoms with Crippen LogP contribution >= 0.6 is 24.0 Å². The Kier molecular flexibility index (Phi) is 10.3. The second kappa shape index (κ2) is 11.4. The molecule has 7 nitrogen and oxygen atoms in total. The number of hydrogen-bond donors (Lipinski definition) is 3. The summed E-state index contributed by atoms with van der Waals surface area (Å²) in [4.78, 5) is 18.9. The molecule has 3 N–H and O–H groups in total. The fourth-order valence-corrected chi connectivity index (χ4v) is 3.24. The molecule has 1 saturated heterocycles. The number of aliphatic imine (C=N–C) groups is 1. The minimum Gasteiger partial charge on any atom is -0.373 e. The van der Waals surface area contributed by atoms with Crippen LogP contribution in [0.4, 0.5) is 0 Å². The second-order valence-corrected chi connectivity index (χ2v) is 8.16. The lowest BCUT2D eigenvalue weighted by Gasteiger charge is -2.44. The summed E-state index contributed by atoms with van der Waals surface area (Å²) in [6, 6.07) is 0. The summed E-state index contributed by atoms with van der Waals surface area (Å²) in [5.41, 5.74) is -0.0329. The van der Waals surface area contributed by atoms with Gasteiger partial charge >= 0.3 is 0 Å². The van der Waals surface area contributed by atoms with Gasteiger partial charge in [0.15, 0.2) is 5.96 Å². The zero-order chi connectivity index (χ0) is 19.2. The van der Waals surface area contributed by atoms with Crippen LogP contribution in [-0.2, 0) is 9.53 Å². The first kappa shape index (κ1) is 24.4. The number of ether oxygens (including phenoxy) is 1. The van der Waals surface area contributed by atoms with E-state index in [0.29, 0.717) is 19.6 Å². The van der Waals surface area contributed by atoms with Crippen molar-refractivity contribution in [2.45, 2.75) is 65.2 Å². The Hall–Kier alpha value is -0.610. The lowest BCUT2D eigenvalue weighted by atomic mass is 10.0. The molecular formula is C19H38IN5O2. The van der Waals surface area contributed by atoms with Gasteiger partial charge in [-0.25, -0.2) is 0 Å². The molecule has 2 atom stereocenters. The summed E-state index contributed by atoms with van der Waals surface area (Å²) in [7, 11) is 0. The van der Waals surface area contributed by atoms with Crippen LogP contribution in [0.5, 0.6) is 0 Å². The standard InChI is InChI=1S/C19H37N5O2.HI/c1-6-20-18(22-10-9-21-17(25)16-7-8-16)23-13-19(4,5)24-11-14(2)26-15(3)12-24;/h14-16H,6-13H2,1-5H3,(H,21,25)(H2,20,22,23);1H. The number of carbonyl (C=O) groups is 1. The predicted molar refractivity (Wildman–Crippen MR) is 121 cm³/mol. The van der Waals surface area contributed by atoms with Crippen molar-refractivity contribution in [3.05, 3.63) is 0 Å². The average Bonchev–Trinajstić information content (AvgIpc) is 3.40. The maximum Gasteiger partial charge on any atom is 0.223 e. The Bertz CT molecular complexity index is 486. The fraction of sp³-hybridized carbons (Fsp3) is 0.895. The van der Waals surface area contributed by atoms with Crippen LogP contribution in [0.25, 0.3) is 0 Å². The molecule has 2 rings (SSSR count). The van der Waals surface area contributed by atoms with Crippen molar-refractivity contribution in [2.24, 2.45) is 10.9 Å². The van der Waals surface area contributed by atoms with Gasteiger partial charge < -0.3 is 20.7 Å². The van der Waals surface area contributed by atoms with Gasteiger partial charge in [0.2, 0.25) is 5.91 Å². The van der Waals surface area contributed by atoms with Crippen molar-refractivity contribution >= 4 is 35.8 Å². The van der Waals surface area contributed by atoms with Crippen molar-refractivity contribution in [1.29, 1.82) is 0 Å². The number of nitrogens with one attached hydrogen (secondary N) is 3. The summed E-state index contributed by atoms with van der Waals surface area (Å²) < 4.78 is 5.84. The highest BCUT2D eigenvalue weighted by Crippen LogP contribution is 2.28. The van der Waals surface area contributed by atoms with Crippen molar-refractivity contribution in [3.8, 4) is 0 Å². The SMILES string of the molecule is CCNC(=NCC(C)(C)N1CC(C)OC(C)C1)NCCNC(=O)C1CC1.I. The summed E-state index contributed by atoms with van der Waals surface area (Å²) in [6.07, 6.45) is 2.58. The van der Waals surface area contributed by atoms with E-state index in [-0.39, 0.29) is 53.5 Å². The zero-order valence-corrected chi connectivity index (χ0v) is 19.8. The average molecular weight is 495 g/mol. The Balaban J connectivity index is 0.00000364. The maximum atomic E-state index is 11.7. The summed E-state index contributed by atoms with van der Waals surface area (Å²) in [6.45, 7) is 15.5. The molecule has 1 amide bonds. The first-order chi connectivity index (χ1) is 12.3. The quantitative estimate of drug-likeness (QED) is 0.206. The third-order valence-corrected chi connectivity index (χ3v) is 4.91. The Morgan fingerprint density at radius 3 is 2.26 bits per heavy atom. The van der Waals surface area contributed by atoms with Crippen LogP contribution < -0.4 is 16.0 Å². The molecule has 2 fully saturated rings. The molecule has 27 heavy (non-hydrogen) atoms. The van der Waals surface area contributed by atoms with E-state index in [0.717, 1.165) is 38.4 Å². The van der Waals surface area contributed by atoms with Crippen molar-refractivity contribution in [1.82, 2.24) is 20.9 Å². The lowest BCUT2D eigenvalue weighted by Crippen LogP contribution is -2.56. The molecule has 0 aromatic heterocycles. The van der Waals surface area contributed by atoms with Crippen LogP contribution in [0.1, 0.15) is 47.5 Å². The van der Waals surface area contributed by atoms with Gasteiger partial charge in [0.05, 0.1) is 18.8 Å². The van der Waals surface area contributed by atoms with Crippen LogP contribution in [0.15, 0.2) is 4.99 Å². The molecular weight excluding hydrogens is 457 g/mol. The van der Waals surface area contributed by atoms with Gasteiger partial charge in [0.1, 0.15) is 0 Å². The molecule has 0 radical (unpaired) electrons. The summed E-state index contributed by atoms with van der Waals surface area (Å²) >= 11 is 0. The van der Waals surface area contributed by atoms with Gasteiger partial charge in [0, 0.05) is 44.2 Å². The van der Waals surface area contributed by atoms with Crippen LogP contribution in [-0.4, -0.2) is 73.8 Å². The van der Waals surface area contributed by atoms with E-state index in [1.165, 1.54) is 0 Å². The minimum atomic E-state index is -0.0329. The molecule has 1 aliphatic carbocycles. The maximum absolute atomic E-state index is 11.7. The van der Waals surface area contributed by atoms with Gasteiger partial charge in [-0.05, 0) is 47.5 Å². The number of carbonyl (C=O) groups excluding carboxylic acids is 1. The van der Waals surface area contributed by atoms with E-state index in [2.05, 4.69) is 55.5 Å². The number of rotatable bonds is 8. The number of hydrogen-bond acceptors (Lipinski definition) is 4. The second-order valence-electron chi connectivity index (χ2n) is 8.16. The molecule has 0 spiro atoms. The highest BCUT2D eigenvalue weighted by atomic mass is 127. The summed E-state index contributed by atoms with van der Waals surface area (Å²) in [5.74, 6) is 1.25. The van der Waals surface area contributed by atoms with E-state index < -0.39 is 0 Å². The monoisotopic (exact) mass is 495 g/mol. The lowest BCUT2D eigenvalue weighted by molar-refractivity contribution is -0.122. The molecule has 0 aromatic carbocycles. The molecule has 1 saturated carbocycles. The van der Waals surface area contributed by atoms with Crippen molar-refractivity contribution in [2.75, 3.05) is 39.3 Å². The van der Waals surface area contributed by atoms with Gasteiger partial charge in [-0.2, -0.15) is 0 Å². The number of guanidine groups is 1. The van der Waals surface area contributed by atoms with E-state index in [1.807, 2.05) is 0 Å². The molecule has 158 valence electrons. The summed E-state index contributed by atoms with van der Waals surface area (Å²) in [5, 5.41) is 9.56. The highest BCUT2D eigenvalue weighted by Gasteiger charge is 2.33. The number of amides is 1. The van der Waals surface area contributed by atoms with Gasteiger partial charge in [0.25, 0.3) is 0 Å². The Labute approximate surface area is 181 Å². The van der Waals surface area contributed by atoms with E-state index in [1.54, 1.807) is 0 Å². The van der Waals surface area contributed by atoms with Crippen LogP contribution in [0, 0.1) is 5.92 Å². The predicted octanol–water partition coefficient (Wildman–Crippen LogP) is 1.57. The third-order valence-electron chi connectivity index (χ3n) is 4.91. The number of halogens is 1. The molecule has 8 heteroatoms. The first-order valence-electron chi connectivity index (χ1n) is 10.0. The smallest absolute Gasteiger partial charge is 0.223 e. The number of nitrogens with zero attached hydrogens (tertiary/aromatic N) is 2. The Morgan fingerprint density at radius 2 is 1.70 bits per heavy atom. The molecule has 0 bridgehead atoms. The van der Waals surface area contributed by atoms with E-state index >= 15 is 0 Å². The largest absolute Gasteiger partial charge is 0.373 e. The fourth-order valence-electron chi connectivity index (χ4n) is 3.24. The molecule has 0 aromatic rings. The van der Waals surface area contributed by atoms with Crippen molar-refractivity contribution < 1.29 is 9.53 Å². The van der Waals surface area contributed by atoms with Gasteiger partial charge in [-0.3, -0.25) is 14.7 Å². The van der Waals surface area contributed by atoms with Gasteiger partial charge in [-0.1, -0.05) is 0 Å². The third kappa shape index (κ3) is 8.51. The zero-order valence-electron chi connectivity index (χ0n) is 17.5. The number of morpholine rings is 1. The molecule has 2 aliphatic rings. The van der Waals surface area contributed by atoms with E-state index in [9.17, 15) is 4.79 Å². The van der Waals surface area contributed by atoms with Crippen LogP contribution in [0.3, 0.4) is 0 Å². The first-order valence-corrected chi connectivity index (χ1v) is 10.0. The van der Waals surface area contributed by atoms with Crippen LogP contribution in [0.2, 0.25) is 0 Å². The minimum absolute atomic E-state index is 0. The normalized spacial score (nSPS) is 24.1. The van der Waals surface area contributed by atoms with Crippen molar-refractivity contribution in [3.63, 3.8) is 0 Å². The Morgan fingerprint density at radius 1 is 1.11 bits per heavy atom. The van der Waals surface area contributed by atoms with Gasteiger partial charge in [-0.15, -0.1) is 24.0 Å².